The van der Waals surface area contributed by atoms with Crippen molar-refractivity contribution < 1.29 is 8.42 Å². The Bertz CT molecular complexity index is 498. The van der Waals surface area contributed by atoms with Gasteiger partial charge in [0.2, 0.25) is 0 Å². The SMILES string of the molecule is CN(Cc1ccccc1)S(=O)(=O)NCC[C@H]1CCCN1. The Morgan fingerprint density at radius 1 is 1.35 bits per heavy atom. The Kier molecular flexibility index (Phi) is 5.54. The van der Waals surface area contributed by atoms with E-state index in [1.54, 1.807) is 7.05 Å². The molecule has 112 valence electrons. The highest BCUT2D eigenvalue weighted by molar-refractivity contribution is 7.87. The second-order valence-corrected chi connectivity index (χ2v) is 7.09. The summed E-state index contributed by atoms with van der Waals surface area (Å²) in [6, 6.07) is 10.1. The van der Waals surface area contributed by atoms with Crippen LogP contribution in [0, 0.1) is 0 Å². The maximum Gasteiger partial charge on any atom is 0.279 e. The van der Waals surface area contributed by atoms with Gasteiger partial charge in [0, 0.05) is 26.2 Å². The molecule has 1 atom stereocenters. The maximum absolute atomic E-state index is 12.1. The van der Waals surface area contributed by atoms with Crippen LogP contribution in [0.1, 0.15) is 24.8 Å². The first-order chi connectivity index (χ1) is 9.58. The quantitative estimate of drug-likeness (QED) is 0.792. The molecule has 2 N–H and O–H groups in total. The molecule has 5 nitrogen and oxygen atoms in total. The van der Waals surface area contributed by atoms with E-state index in [1.807, 2.05) is 30.3 Å². The van der Waals surface area contributed by atoms with E-state index in [2.05, 4.69) is 10.0 Å². The van der Waals surface area contributed by atoms with Crippen LogP contribution in [0.3, 0.4) is 0 Å². The Labute approximate surface area is 121 Å². The van der Waals surface area contributed by atoms with Crippen molar-refractivity contribution in [1.29, 1.82) is 0 Å². The molecule has 2 rings (SSSR count). The summed E-state index contributed by atoms with van der Waals surface area (Å²) in [5.74, 6) is 0. The first-order valence-corrected chi connectivity index (χ1v) is 8.50. The van der Waals surface area contributed by atoms with Gasteiger partial charge in [-0.15, -0.1) is 0 Å². The summed E-state index contributed by atoms with van der Waals surface area (Å²) in [5, 5.41) is 3.36. The zero-order valence-corrected chi connectivity index (χ0v) is 12.7. The molecule has 0 saturated carbocycles. The average Bonchev–Trinajstić information content (AvgIpc) is 2.93. The van der Waals surface area contributed by atoms with Gasteiger partial charge in [0.25, 0.3) is 10.2 Å². The molecule has 1 fully saturated rings. The molecule has 0 bridgehead atoms. The molecule has 1 aliphatic heterocycles. The number of rotatable bonds is 7. The van der Waals surface area contributed by atoms with Crippen molar-refractivity contribution in [3.63, 3.8) is 0 Å². The van der Waals surface area contributed by atoms with E-state index in [9.17, 15) is 8.42 Å². The second-order valence-electron chi connectivity index (χ2n) is 5.22. The van der Waals surface area contributed by atoms with Gasteiger partial charge >= 0.3 is 0 Å². The predicted molar refractivity (Wildman–Crippen MR) is 80.5 cm³/mol. The largest absolute Gasteiger partial charge is 0.314 e. The summed E-state index contributed by atoms with van der Waals surface area (Å²) < 4.78 is 28.2. The maximum atomic E-state index is 12.1. The van der Waals surface area contributed by atoms with Gasteiger partial charge in [0.05, 0.1) is 0 Å². The van der Waals surface area contributed by atoms with E-state index in [4.69, 9.17) is 0 Å². The Balaban J connectivity index is 1.79. The molecule has 0 spiro atoms. The number of nitrogens with one attached hydrogen (secondary N) is 2. The van der Waals surface area contributed by atoms with Crippen LogP contribution in [0.2, 0.25) is 0 Å². The molecular weight excluding hydrogens is 274 g/mol. The predicted octanol–water partition coefficient (Wildman–Crippen LogP) is 1.09. The fourth-order valence-corrected chi connectivity index (χ4v) is 3.32. The monoisotopic (exact) mass is 297 g/mol. The number of benzene rings is 1. The average molecular weight is 297 g/mol. The molecule has 0 aromatic heterocycles. The number of hydrogen-bond donors (Lipinski definition) is 2. The van der Waals surface area contributed by atoms with E-state index in [-0.39, 0.29) is 0 Å². The van der Waals surface area contributed by atoms with Crippen molar-refractivity contribution in [3.8, 4) is 0 Å². The molecule has 0 aliphatic carbocycles. The second kappa shape index (κ2) is 7.17. The lowest BCUT2D eigenvalue weighted by molar-refractivity contribution is 0.450. The molecule has 0 radical (unpaired) electrons. The molecular formula is C14H23N3O2S. The van der Waals surface area contributed by atoms with Gasteiger partial charge in [0.1, 0.15) is 0 Å². The van der Waals surface area contributed by atoms with Gasteiger partial charge in [0.15, 0.2) is 0 Å². The normalized spacial score (nSPS) is 19.6. The Morgan fingerprint density at radius 3 is 2.75 bits per heavy atom. The summed E-state index contributed by atoms with van der Waals surface area (Å²) in [5.41, 5.74) is 0.984. The van der Waals surface area contributed by atoms with Crippen LogP contribution >= 0.6 is 0 Å². The first-order valence-electron chi connectivity index (χ1n) is 7.06. The Hall–Kier alpha value is -0.950. The molecule has 1 saturated heterocycles. The summed E-state index contributed by atoms with van der Waals surface area (Å²) in [6.45, 7) is 1.92. The minimum absolute atomic E-state index is 0.387. The smallest absolute Gasteiger partial charge is 0.279 e. The molecule has 0 unspecified atom stereocenters. The van der Waals surface area contributed by atoms with E-state index in [1.165, 1.54) is 10.7 Å². The van der Waals surface area contributed by atoms with Crippen molar-refractivity contribution in [2.24, 2.45) is 0 Å². The van der Waals surface area contributed by atoms with Gasteiger partial charge < -0.3 is 5.32 Å². The van der Waals surface area contributed by atoms with Crippen LogP contribution in [0.5, 0.6) is 0 Å². The minimum atomic E-state index is -3.39. The third-order valence-corrected chi connectivity index (χ3v) is 5.12. The van der Waals surface area contributed by atoms with Crippen LogP contribution in [-0.2, 0) is 16.8 Å². The summed E-state index contributed by atoms with van der Waals surface area (Å²) in [4.78, 5) is 0. The van der Waals surface area contributed by atoms with Crippen molar-refractivity contribution in [3.05, 3.63) is 35.9 Å². The molecule has 20 heavy (non-hydrogen) atoms. The highest BCUT2D eigenvalue weighted by Crippen LogP contribution is 2.09. The summed E-state index contributed by atoms with van der Waals surface area (Å²) in [6.07, 6.45) is 3.17. The minimum Gasteiger partial charge on any atom is -0.314 e. The third kappa shape index (κ3) is 4.56. The van der Waals surface area contributed by atoms with Crippen LogP contribution < -0.4 is 10.0 Å². The van der Waals surface area contributed by atoms with Crippen LogP contribution in [0.15, 0.2) is 30.3 Å². The van der Waals surface area contributed by atoms with Gasteiger partial charge in [-0.1, -0.05) is 30.3 Å². The van der Waals surface area contributed by atoms with Gasteiger partial charge in [-0.05, 0) is 31.4 Å². The highest BCUT2D eigenvalue weighted by atomic mass is 32.2. The first kappa shape index (κ1) is 15.4. The third-order valence-electron chi connectivity index (χ3n) is 3.60. The van der Waals surface area contributed by atoms with Crippen LogP contribution in [0.25, 0.3) is 0 Å². The summed E-state index contributed by atoms with van der Waals surface area (Å²) in [7, 11) is -1.79. The lowest BCUT2D eigenvalue weighted by Crippen LogP contribution is -2.39. The number of nitrogens with zero attached hydrogens (tertiary/aromatic N) is 1. The van der Waals surface area contributed by atoms with Crippen molar-refractivity contribution >= 4 is 10.2 Å². The standard InChI is InChI=1S/C14H23N3O2S/c1-17(12-13-6-3-2-4-7-13)20(18,19)16-11-9-14-8-5-10-15-14/h2-4,6-7,14-16H,5,8-12H2,1H3/t14-/m1/s1. The highest BCUT2D eigenvalue weighted by Gasteiger charge is 2.19. The van der Waals surface area contributed by atoms with E-state index < -0.39 is 10.2 Å². The van der Waals surface area contributed by atoms with Gasteiger partial charge in [-0.2, -0.15) is 12.7 Å². The fraction of sp³-hybridized carbons (Fsp3) is 0.571. The Morgan fingerprint density at radius 2 is 2.10 bits per heavy atom. The molecule has 1 aliphatic rings. The van der Waals surface area contributed by atoms with E-state index in [0.717, 1.165) is 24.9 Å². The number of hydrogen-bond acceptors (Lipinski definition) is 3. The van der Waals surface area contributed by atoms with E-state index >= 15 is 0 Å². The van der Waals surface area contributed by atoms with Gasteiger partial charge in [-0.3, -0.25) is 0 Å². The van der Waals surface area contributed by atoms with Crippen LogP contribution in [0.4, 0.5) is 0 Å². The molecule has 1 heterocycles. The zero-order valence-electron chi connectivity index (χ0n) is 11.9. The van der Waals surface area contributed by atoms with Crippen LogP contribution in [-0.4, -0.2) is 38.9 Å². The molecule has 1 aromatic carbocycles. The molecule has 0 amide bonds. The molecule has 6 heteroatoms. The lowest BCUT2D eigenvalue weighted by atomic mass is 10.2. The van der Waals surface area contributed by atoms with Crippen molar-refractivity contribution in [2.75, 3.05) is 20.1 Å². The zero-order chi connectivity index (χ0) is 14.4. The lowest BCUT2D eigenvalue weighted by Gasteiger charge is -2.18. The topological polar surface area (TPSA) is 61.4 Å². The van der Waals surface area contributed by atoms with Gasteiger partial charge in [-0.25, -0.2) is 4.72 Å². The van der Waals surface area contributed by atoms with Crippen molar-refractivity contribution in [1.82, 2.24) is 14.3 Å². The van der Waals surface area contributed by atoms with Crippen molar-refractivity contribution in [2.45, 2.75) is 31.8 Å². The van der Waals surface area contributed by atoms with E-state index in [0.29, 0.717) is 19.1 Å². The molecule has 1 aromatic rings. The fourth-order valence-electron chi connectivity index (χ4n) is 2.40. The summed E-state index contributed by atoms with van der Waals surface area (Å²) >= 11 is 0.